The Balaban J connectivity index is 0. The predicted octanol–water partition coefficient (Wildman–Crippen LogP) is 7.21. The number of hydrogen-bond acceptors (Lipinski definition) is 5. The minimum Gasteiger partial charge on any atom is -0.481 e. The summed E-state index contributed by atoms with van der Waals surface area (Å²) < 4.78 is 5.04. The first-order valence-corrected chi connectivity index (χ1v) is 16.5. The number of nitrogens with two attached hydrogens (primary N) is 1. The van der Waals surface area contributed by atoms with Gasteiger partial charge >= 0.3 is 11.9 Å². The Morgan fingerprint density at radius 2 is 1.15 bits per heavy atom. The number of unbranched alkanes of at least 4 members (excludes halogenated alkanes) is 16. The highest BCUT2D eigenvalue weighted by molar-refractivity contribution is 5.84. The van der Waals surface area contributed by atoms with E-state index in [9.17, 15) is 14.4 Å². The lowest BCUT2D eigenvalue weighted by atomic mass is 10.1. The number of ether oxygens (including phenoxy) is 1. The van der Waals surface area contributed by atoms with Gasteiger partial charge in [-0.1, -0.05) is 117 Å². The van der Waals surface area contributed by atoms with Crippen molar-refractivity contribution in [3.63, 3.8) is 0 Å². The average Bonchev–Trinajstić information content (AvgIpc) is 2.93. The lowest BCUT2D eigenvalue weighted by molar-refractivity contribution is -0.147. The van der Waals surface area contributed by atoms with E-state index in [1.807, 2.05) is 0 Å². The molecule has 9 nitrogen and oxygen atoms in total. The van der Waals surface area contributed by atoms with Gasteiger partial charge in [0.1, 0.15) is 6.04 Å². The number of esters is 1. The summed E-state index contributed by atoms with van der Waals surface area (Å²) in [6.45, 7) is 6.97. The first-order valence-electron chi connectivity index (χ1n) is 16.5. The van der Waals surface area contributed by atoms with Crippen LogP contribution in [0.15, 0.2) is 0 Å². The molecule has 0 heterocycles. The number of carboxylic acids is 1. The van der Waals surface area contributed by atoms with Gasteiger partial charge in [0.15, 0.2) is 5.96 Å². The number of aliphatic carboxylic acids is 1. The zero-order valence-corrected chi connectivity index (χ0v) is 26.7. The van der Waals surface area contributed by atoms with Crippen molar-refractivity contribution in [2.75, 3.05) is 13.2 Å². The summed E-state index contributed by atoms with van der Waals surface area (Å²) in [6, 6.07) is -0.634. The Morgan fingerprint density at radius 1 is 0.707 bits per heavy atom. The van der Waals surface area contributed by atoms with Crippen LogP contribution in [0.25, 0.3) is 0 Å². The number of guanidine groups is 1. The molecule has 0 radical (unpaired) electrons. The zero-order valence-electron chi connectivity index (χ0n) is 26.7. The second-order valence-electron chi connectivity index (χ2n) is 10.9. The Bertz CT molecular complexity index is 646. The molecule has 0 aromatic heterocycles. The van der Waals surface area contributed by atoms with Gasteiger partial charge in [-0.3, -0.25) is 15.0 Å². The van der Waals surface area contributed by atoms with Crippen LogP contribution in [-0.2, 0) is 19.1 Å². The van der Waals surface area contributed by atoms with Crippen LogP contribution in [0.5, 0.6) is 0 Å². The number of nitrogens with one attached hydrogen (secondary N) is 3. The van der Waals surface area contributed by atoms with Gasteiger partial charge in [0.2, 0.25) is 5.91 Å². The zero-order chi connectivity index (χ0) is 31.0. The number of amides is 1. The Labute approximate surface area is 251 Å². The summed E-state index contributed by atoms with van der Waals surface area (Å²) in [5.41, 5.74) is 5.23. The van der Waals surface area contributed by atoms with Gasteiger partial charge in [-0.2, -0.15) is 0 Å². The molecule has 1 amide bonds. The van der Waals surface area contributed by atoms with Crippen LogP contribution in [0.1, 0.15) is 162 Å². The molecule has 0 bridgehead atoms. The van der Waals surface area contributed by atoms with Gasteiger partial charge < -0.3 is 26.2 Å². The molecule has 0 aliphatic carbocycles. The third kappa shape index (κ3) is 33.8. The van der Waals surface area contributed by atoms with E-state index in [4.69, 9.17) is 21.0 Å². The molecule has 0 aliphatic heterocycles. The molecule has 0 rings (SSSR count). The molecule has 9 heteroatoms. The summed E-state index contributed by atoms with van der Waals surface area (Å²) in [5, 5.41) is 21.0. The van der Waals surface area contributed by atoms with Gasteiger partial charge in [0, 0.05) is 19.4 Å². The van der Waals surface area contributed by atoms with E-state index in [1.165, 1.54) is 83.5 Å². The van der Waals surface area contributed by atoms with E-state index in [-0.39, 0.29) is 18.5 Å². The van der Waals surface area contributed by atoms with E-state index >= 15 is 0 Å². The molecular weight excluding hydrogens is 520 g/mol. The maximum absolute atomic E-state index is 12.1. The van der Waals surface area contributed by atoms with Crippen molar-refractivity contribution in [2.45, 2.75) is 168 Å². The Hall–Kier alpha value is -2.32. The molecule has 242 valence electrons. The van der Waals surface area contributed by atoms with Gasteiger partial charge in [-0.25, -0.2) is 4.79 Å². The van der Waals surface area contributed by atoms with E-state index in [1.54, 1.807) is 6.92 Å². The minimum absolute atomic E-state index is 0.0999. The largest absolute Gasteiger partial charge is 0.481 e. The molecule has 1 atom stereocenters. The van der Waals surface area contributed by atoms with Crippen molar-refractivity contribution in [2.24, 2.45) is 5.73 Å². The van der Waals surface area contributed by atoms with Crippen LogP contribution in [0.4, 0.5) is 0 Å². The quantitative estimate of drug-likeness (QED) is 0.0296. The third-order valence-corrected chi connectivity index (χ3v) is 6.89. The fraction of sp³-hybridized carbons (Fsp3) is 0.875. The van der Waals surface area contributed by atoms with E-state index in [0.29, 0.717) is 32.2 Å². The molecule has 0 aliphatic rings. The monoisotopic (exact) mass is 584 g/mol. The van der Waals surface area contributed by atoms with Crippen molar-refractivity contribution in [3.8, 4) is 0 Å². The van der Waals surface area contributed by atoms with Crippen LogP contribution >= 0.6 is 0 Å². The lowest BCUT2D eigenvalue weighted by Crippen LogP contribution is -2.42. The van der Waals surface area contributed by atoms with Crippen molar-refractivity contribution in [3.05, 3.63) is 0 Å². The van der Waals surface area contributed by atoms with E-state index < -0.39 is 18.0 Å². The van der Waals surface area contributed by atoms with Gasteiger partial charge in [-0.15, -0.1) is 0 Å². The Morgan fingerprint density at radius 3 is 1.56 bits per heavy atom. The summed E-state index contributed by atoms with van der Waals surface area (Å²) in [7, 11) is 0. The highest BCUT2D eigenvalue weighted by Gasteiger charge is 2.21. The number of hydrogen-bond donors (Lipinski definition) is 5. The van der Waals surface area contributed by atoms with E-state index in [2.05, 4.69) is 24.5 Å². The second kappa shape index (κ2) is 32.2. The summed E-state index contributed by atoms with van der Waals surface area (Å²) >= 11 is 0. The Kier molecular flexibility index (Phi) is 32.1. The molecule has 6 N–H and O–H groups in total. The van der Waals surface area contributed by atoms with Crippen LogP contribution in [0, 0.1) is 5.41 Å². The number of rotatable bonds is 27. The maximum atomic E-state index is 12.1. The molecule has 0 saturated heterocycles. The highest BCUT2D eigenvalue weighted by Crippen LogP contribution is 2.11. The van der Waals surface area contributed by atoms with Gasteiger partial charge in [0.25, 0.3) is 0 Å². The summed E-state index contributed by atoms with van der Waals surface area (Å²) in [4.78, 5) is 34.3. The fourth-order valence-electron chi connectivity index (χ4n) is 4.47. The minimum atomic E-state index is -0.659. The van der Waals surface area contributed by atoms with Gasteiger partial charge in [-0.05, 0) is 32.6 Å². The van der Waals surface area contributed by atoms with Crippen molar-refractivity contribution >= 4 is 23.8 Å². The van der Waals surface area contributed by atoms with Gasteiger partial charge in [0.05, 0.1) is 6.61 Å². The molecule has 0 aromatic rings. The fourth-order valence-corrected chi connectivity index (χ4v) is 4.47. The van der Waals surface area contributed by atoms with Crippen LogP contribution in [-0.4, -0.2) is 48.1 Å². The second-order valence-corrected chi connectivity index (χ2v) is 10.9. The van der Waals surface area contributed by atoms with Crippen LogP contribution in [0.3, 0.4) is 0 Å². The number of carbonyl (C=O) groups is 3. The molecular formula is C32H64N4O5. The molecule has 0 fully saturated rings. The first-order chi connectivity index (χ1) is 19.8. The standard InChI is InChI=1S/C20H40N4O3.C12H24O2/c1-3-5-6-7-8-9-10-11-12-15-18(25)24-17(19(26)27-4-2)14-13-16-23-20(21)22;1-2-3-4-5-6-7-8-9-10-11-12(13)14/h17H,3-16H2,1-2H3,(H,24,25)(H4,21,22,23);2-11H2,1H3,(H,13,14)/t17-;/m0./s1. The average molecular weight is 585 g/mol. The smallest absolute Gasteiger partial charge is 0.328 e. The number of carbonyl (C=O) groups excluding carboxylic acids is 2. The molecule has 41 heavy (non-hydrogen) atoms. The lowest BCUT2D eigenvalue weighted by Gasteiger charge is -2.17. The topological polar surface area (TPSA) is 155 Å². The molecule has 0 unspecified atom stereocenters. The summed E-state index contributed by atoms with van der Waals surface area (Å²) in [5.74, 6) is -1.26. The van der Waals surface area contributed by atoms with E-state index in [0.717, 1.165) is 32.1 Å². The molecule has 0 aromatic carbocycles. The first kappa shape index (κ1) is 40.8. The third-order valence-electron chi connectivity index (χ3n) is 6.89. The van der Waals surface area contributed by atoms with Crippen molar-refractivity contribution < 1.29 is 24.2 Å². The maximum Gasteiger partial charge on any atom is 0.328 e. The van der Waals surface area contributed by atoms with Crippen LogP contribution in [0.2, 0.25) is 0 Å². The van der Waals surface area contributed by atoms with Crippen molar-refractivity contribution in [1.29, 1.82) is 5.41 Å². The SMILES string of the molecule is CCCCCCCCCCCC(=O)N[C@@H](CCCNC(=N)N)C(=O)OCC.CCCCCCCCCCCC(=O)O. The predicted molar refractivity (Wildman–Crippen MR) is 169 cm³/mol. The molecule has 0 spiro atoms. The summed E-state index contributed by atoms with van der Waals surface area (Å²) in [6.07, 6.45) is 23.8. The molecule has 0 saturated carbocycles. The normalized spacial score (nSPS) is 11.2. The highest BCUT2D eigenvalue weighted by atomic mass is 16.5. The number of carboxylic acid groups (broad SMARTS) is 1. The van der Waals surface area contributed by atoms with Crippen LogP contribution < -0.4 is 16.4 Å². The van der Waals surface area contributed by atoms with Crippen molar-refractivity contribution in [1.82, 2.24) is 10.6 Å².